The average Bonchev–Trinajstić information content (AvgIpc) is 2.48. The Hall–Kier alpha value is -1.55. The van der Waals surface area contributed by atoms with Crippen molar-refractivity contribution in [1.82, 2.24) is 5.32 Å². The number of ether oxygens (including phenoxy) is 1. The van der Waals surface area contributed by atoms with Crippen molar-refractivity contribution >= 4 is 5.91 Å². The summed E-state index contributed by atoms with van der Waals surface area (Å²) in [5.41, 5.74) is 6.99. The van der Waals surface area contributed by atoms with Gasteiger partial charge in [0.1, 0.15) is 5.75 Å². The van der Waals surface area contributed by atoms with Gasteiger partial charge in [0.2, 0.25) is 5.91 Å². The second-order valence-corrected chi connectivity index (χ2v) is 5.85. The van der Waals surface area contributed by atoms with Gasteiger partial charge in [0, 0.05) is 23.9 Å². The van der Waals surface area contributed by atoms with E-state index in [1.807, 2.05) is 24.3 Å². The van der Waals surface area contributed by atoms with Crippen LogP contribution in [0.25, 0.3) is 0 Å². The molecule has 1 amide bonds. The summed E-state index contributed by atoms with van der Waals surface area (Å²) in [5, 5.41) is 3.20. The maximum absolute atomic E-state index is 12.4. The van der Waals surface area contributed by atoms with Crippen LogP contribution < -0.4 is 15.8 Å². The molecule has 3 N–H and O–H groups in total. The first-order chi connectivity index (χ1) is 9.74. The van der Waals surface area contributed by atoms with E-state index in [0.29, 0.717) is 6.61 Å². The van der Waals surface area contributed by atoms with Crippen molar-refractivity contribution in [1.29, 1.82) is 0 Å². The van der Waals surface area contributed by atoms with Crippen LogP contribution in [0.2, 0.25) is 0 Å². The van der Waals surface area contributed by atoms with Crippen LogP contribution in [-0.4, -0.2) is 18.6 Å². The fourth-order valence-electron chi connectivity index (χ4n) is 3.16. The molecule has 0 spiro atoms. The van der Waals surface area contributed by atoms with Gasteiger partial charge in [-0.2, -0.15) is 0 Å². The van der Waals surface area contributed by atoms with Gasteiger partial charge in [-0.3, -0.25) is 4.79 Å². The van der Waals surface area contributed by atoms with Crippen molar-refractivity contribution in [2.45, 2.75) is 44.2 Å². The molecule has 0 bridgehead atoms. The zero-order chi connectivity index (χ0) is 13.9. The Morgan fingerprint density at radius 2 is 1.90 bits per heavy atom. The number of carbonyl (C=O) groups excluding carboxylic acids is 1. The van der Waals surface area contributed by atoms with Crippen molar-refractivity contribution in [2.24, 2.45) is 11.7 Å². The number of amides is 1. The predicted octanol–water partition coefficient (Wildman–Crippen LogP) is 2.14. The Balaban J connectivity index is 1.65. The van der Waals surface area contributed by atoms with Crippen molar-refractivity contribution in [3.05, 3.63) is 29.8 Å². The third-order valence-electron chi connectivity index (χ3n) is 4.42. The molecular formula is C16H22N2O2. The molecule has 0 aromatic heterocycles. The highest BCUT2D eigenvalue weighted by molar-refractivity contribution is 5.79. The third kappa shape index (κ3) is 2.80. The third-order valence-corrected chi connectivity index (χ3v) is 4.42. The Bertz CT molecular complexity index is 481. The van der Waals surface area contributed by atoms with Crippen molar-refractivity contribution < 1.29 is 9.53 Å². The van der Waals surface area contributed by atoms with E-state index in [-0.39, 0.29) is 23.9 Å². The minimum Gasteiger partial charge on any atom is -0.493 e. The van der Waals surface area contributed by atoms with E-state index in [1.165, 1.54) is 0 Å². The summed E-state index contributed by atoms with van der Waals surface area (Å²) in [5.74, 6) is 1.21. The molecule has 0 saturated heterocycles. The Kier molecular flexibility index (Phi) is 3.92. The fraction of sp³-hybridized carbons (Fsp3) is 0.562. The molecule has 1 aliphatic carbocycles. The number of rotatable bonds is 2. The molecule has 3 rings (SSSR count). The first-order valence-electron chi connectivity index (χ1n) is 7.51. The number of nitrogens with two attached hydrogens (primary N) is 1. The van der Waals surface area contributed by atoms with Crippen molar-refractivity contribution in [2.75, 3.05) is 6.61 Å². The van der Waals surface area contributed by atoms with Gasteiger partial charge in [0.25, 0.3) is 0 Å². The van der Waals surface area contributed by atoms with Crippen molar-refractivity contribution in [3.63, 3.8) is 0 Å². The van der Waals surface area contributed by atoms with E-state index < -0.39 is 0 Å². The Morgan fingerprint density at radius 3 is 2.70 bits per heavy atom. The first-order valence-corrected chi connectivity index (χ1v) is 7.51. The van der Waals surface area contributed by atoms with Crippen LogP contribution in [0.5, 0.6) is 5.75 Å². The summed E-state index contributed by atoms with van der Waals surface area (Å²) in [7, 11) is 0. The lowest BCUT2D eigenvalue weighted by atomic mass is 9.85. The summed E-state index contributed by atoms with van der Waals surface area (Å²) in [6, 6.07) is 8.33. The van der Waals surface area contributed by atoms with E-state index in [2.05, 4.69) is 5.32 Å². The van der Waals surface area contributed by atoms with Crippen LogP contribution in [0.1, 0.15) is 43.7 Å². The molecular weight excluding hydrogens is 252 g/mol. The Labute approximate surface area is 119 Å². The monoisotopic (exact) mass is 274 g/mol. The summed E-state index contributed by atoms with van der Waals surface area (Å²) >= 11 is 0. The molecule has 1 atom stereocenters. The summed E-state index contributed by atoms with van der Waals surface area (Å²) in [4.78, 5) is 12.4. The number of benzene rings is 1. The van der Waals surface area contributed by atoms with Gasteiger partial charge in [0.05, 0.1) is 12.6 Å². The van der Waals surface area contributed by atoms with Crippen LogP contribution in [0.4, 0.5) is 0 Å². The second-order valence-electron chi connectivity index (χ2n) is 5.85. The zero-order valence-corrected chi connectivity index (χ0v) is 11.7. The number of hydrogen-bond donors (Lipinski definition) is 2. The molecule has 1 aromatic rings. The quantitative estimate of drug-likeness (QED) is 0.868. The van der Waals surface area contributed by atoms with Gasteiger partial charge in [-0.25, -0.2) is 0 Å². The van der Waals surface area contributed by atoms with Crippen LogP contribution in [-0.2, 0) is 4.79 Å². The molecule has 20 heavy (non-hydrogen) atoms. The zero-order valence-electron chi connectivity index (χ0n) is 11.7. The molecule has 1 fully saturated rings. The van der Waals surface area contributed by atoms with Gasteiger partial charge in [-0.05, 0) is 31.7 Å². The molecule has 4 heteroatoms. The van der Waals surface area contributed by atoms with Gasteiger partial charge in [0.15, 0.2) is 0 Å². The number of hydrogen-bond acceptors (Lipinski definition) is 3. The fourth-order valence-corrected chi connectivity index (χ4v) is 3.16. The lowest BCUT2D eigenvalue weighted by Crippen LogP contribution is -2.39. The average molecular weight is 274 g/mol. The molecule has 1 saturated carbocycles. The minimum atomic E-state index is 0.0862. The SMILES string of the molecule is NC1CCC(C(=O)NC2CCOc3ccccc32)CC1. The first kappa shape index (κ1) is 13.4. The number of nitrogens with one attached hydrogen (secondary N) is 1. The maximum atomic E-state index is 12.4. The lowest BCUT2D eigenvalue weighted by Gasteiger charge is -2.30. The van der Waals surface area contributed by atoms with E-state index in [4.69, 9.17) is 10.5 Å². The maximum Gasteiger partial charge on any atom is 0.223 e. The second kappa shape index (κ2) is 5.83. The topological polar surface area (TPSA) is 64.4 Å². The summed E-state index contributed by atoms with van der Waals surface area (Å²) in [6.45, 7) is 0.664. The Morgan fingerprint density at radius 1 is 1.15 bits per heavy atom. The largest absolute Gasteiger partial charge is 0.493 e. The van der Waals surface area contributed by atoms with Crippen LogP contribution in [0, 0.1) is 5.92 Å². The number of fused-ring (bicyclic) bond motifs is 1. The van der Waals surface area contributed by atoms with Gasteiger partial charge in [-0.1, -0.05) is 18.2 Å². The highest BCUT2D eigenvalue weighted by atomic mass is 16.5. The summed E-state index contributed by atoms with van der Waals surface area (Å²) < 4.78 is 5.63. The molecule has 108 valence electrons. The normalized spacial score (nSPS) is 29.1. The molecule has 1 aromatic carbocycles. The molecule has 1 unspecified atom stereocenters. The molecule has 1 heterocycles. The molecule has 4 nitrogen and oxygen atoms in total. The van der Waals surface area contributed by atoms with E-state index in [0.717, 1.165) is 43.4 Å². The van der Waals surface area contributed by atoms with Crippen molar-refractivity contribution in [3.8, 4) is 5.75 Å². The van der Waals surface area contributed by atoms with Crippen LogP contribution in [0.3, 0.4) is 0 Å². The van der Waals surface area contributed by atoms with Gasteiger partial charge in [-0.15, -0.1) is 0 Å². The van der Waals surface area contributed by atoms with Gasteiger partial charge >= 0.3 is 0 Å². The van der Waals surface area contributed by atoms with E-state index in [1.54, 1.807) is 0 Å². The summed E-state index contributed by atoms with van der Waals surface area (Å²) in [6.07, 6.45) is 4.59. The minimum absolute atomic E-state index is 0.0862. The number of carbonyl (C=O) groups is 1. The highest BCUT2D eigenvalue weighted by Gasteiger charge is 2.28. The highest BCUT2D eigenvalue weighted by Crippen LogP contribution is 2.32. The van der Waals surface area contributed by atoms with E-state index in [9.17, 15) is 4.79 Å². The number of para-hydroxylation sites is 1. The standard InChI is InChI=1S/C16H22N2O2/c17-12-7-5-11(6-8-12)16(19)18-14-9-10-20-15-4-2-1-3-13(14)15/h1-4,11-12,14H,5-10,17H2,(H,18,19). The van der Waals surface area contributed by atoms with Crippen LogP contribution in [0.15, 0.2) is 24.3 Å². The van der Waals surface area contributed by atoms with Gasteiger partial charge < -0.3 is 15.8 Å². The van der Waals surface area contributed by atoms with E-state index >= 15 is 0 Å². The smallest absolute Gasteiger partial charge is 0.223 e. The molecule has 1 aliphatic heterocycles. The predicted molar refractivity (Wildman–Crippen MR) is 77.4 cm³/mol. The lowest BCUT2D eigenvalue weighted by molar-refractivity contribution is -0.127. The van der Waals surface area contributed by atoms with Crippen LogP contribution >= 0.6 is 0 Å². The molecule has 2 aliphatic rings. The molecule has 0 radical (unpaired) electrons.